The second-order valence-electron chi connectivity index (χ2n) is 1.54. The molecule has 1 N–H and O–H groups in total. The Morgan fingerprint density at radius 2 is 2.56 bits per heavy atom. The highest BCUT2D eigenvalue weighted by Gasteiger charge is 1.80. The molecule has 0 aliphatic rings. The van der Waals surface area contributed by atoms with E-state index < -0.39 is 0 Å². The van der Waals surface area contributed by atoms with Gasteiger partial charge in [0, 0.05) is 6.20 Å². The zero-order chi connectivity index (χ0) is 6.69. The van der Waals surface area contributed by atoms with E-state index in [0.717, 1.165) is 5.69 Å². The lowest BCUT2D eigenvalue weighted by molar-refractivity contribution is 1.16. The molecule has 2 nitrogen and oxygen atoms in total. The number of rotatable bonds is 1. The quantitative estimate of drug-likeness (QED) is 0.599. The topological polar surface area (TPSA) is 28.7 Å². The Kier molecular flexibility index (Phi) is 1.75. The van der Waals surface area contributed by atoms with Crippen molar-refractivity contribution >= 4 is 18.3 Å². The number of hydrogen-bond acceptors (Lipinski definition) is 2. The Bertz CT molecular complexity index is 244. The first-order valence-electron chi connectivity index (χ1n) is 2.50. The van der Waals surface area contributed by atoms with Crippen LogP contribution in [0.25, 0.3) is 6.08 Å². The van der Waals surface area contributed by atoms with Crippen molar-refractivity contribution in [2.24, 2.45) is 0 Å². The van der Waals surface area contributed by atoms with Crippen molar-refractivity contribution in [2.45, 2.75) is 0 Å². The van der Waals surface area contributed by atoms with Gasteiger partial charge in [0.2, 0.25) is 0 Å². The van der Waals surface area contributed by atoms with Crippen LogP contribution in [-0.4, -0.2) is 9.97 Å². The third-order valence-corrected chi connectivity index (χ3v) is 1.13. The molecule has 0 atom stereocenters. The van der Waals surface area contributed by atoms with Crippen molar-refractivity contribution in [3.05, 3.63) is 29.3 Å². The number of nitrogens with one attached hydrogen (secondary N) is 1. The normalized spacial score (nSPS) is 8.89. The molecule has 9 heavy (non-hydrogen) atoms. The number of aromatic amines is 1. The third-order valence-electron chi connectivity index (χ3n) is 0.902. The maximum atomic E-state index is 4.77. The summed E-state index contributed by atoms with van der Waals surface area (Å²) in [6.07, 6.45) is 4.97. The van der Waals surface area contributed by atoms with E-state index in [1.807, 2.05) is 0 Å². The molecule has 0 saturated carbocycles. The summed E-state index contributed by atoms with van der Waals surface area (Å²) in [5, 5.41) is 0. The first-order valence-corrected chi connectivity index (χ1v) is 2.91. The van der Waals surface area contributed by atoms with Crippen molar-refractivity contribution in [2.75, 3.05) is 0 Å². The fraction of sp³-hybridized carbons (Fsp3) is 0. The van der Waals surface area contributed by atoms with Crippen LogP contribution in [0.4, 0.5) is 0 Å². The van der Waals surface area contributed by atoms with Crippen LogP contribution < -0.4 is 0 Å². The van der Waals surface area contributed by atoms with Crippen molar-refractivity contribution in [1.82, 2.24) is 9.97 Å². The molecule has 1 rings (SSSR count). The third kappa shape index (κ3) is 1.47. The molecule has 0 unspecified atom stereocenters. The summed E-state index contributed by atoms with van der Waals surface area (Å²) >= 11 is 4.77. The lowest BCUT2D eigenvalue weighted by Crippen LogP contribution is -1.80. The van der Waals surface area contributed by atoms with E-state index in [2.05, 4.69) is 16.5 Å². The molecule has 0 radical (unpaired) electrons. The lowest BCUT2D eigenvalue weighted by Gasteiger charge is -1.87. The Hall–Kier alpha value is -0.960. The maximum Gasteiger partial charge on any atom is 0.121 e. The van der Waals surface area contributed by atoms with Crippen LogP contribution in [-0.2, 0) is 0 Å². The minimum atomic E-state index is 0.639. The highest BCUT2D eigenvalue weighted by molar-refractivity contribution is 7.71. The van der Waals surface area contributed by atoms with Gasteiger partial charge in [-0.25, -0.2) is 0 Å². The fourth-order valence-electron chi connectivity index (χ4n) is 0.464. The van der Waals surface area contributed by atoms with E-state index in [-0.39, 0.29) is 0 Å². The Labute approximate surface area is 58.3 Å². The summed E-state index contributed by atoms with van der Waals surface area (Å²) in [4.78, 5) is 6.78. The highest BCUT2D eigenvalue weighted by atomic mass is 32.1. The van der Waals surface area contributed by atoms with Crippen molar-refractivity contribution in [1.29, 1.82) is 0 Å². The molecule has 0 aromatic carbocycles. The summed E-state index contributed by atoms with van der Waals surface area (Å²) < 4.78 is 0.639. The summed E-state index contributed by atoms with van der Waals surface area (Å²) in [6.45, 7) is 3.54. The van der Waals surface area contributed by atoms with Crippen LogP contribution in [0.1, 0.15) is 5.69 Å². The van der Waals surface area contributed by atoms with Gasteiger partial charge in [-0.2, -0.15) is 0 Å². The standard InChI is InChI=1S/C6H6N2S/c1-2-5-3-8-6(9)4-7-5/h2-4H,1H2,(H,8,9). The van der Waals surface area contributed by atoms with Crippen LogP contribution in [0.2, 0.25) is 0 Å². The molecule has 0 saturated heterocycles. The molecular weight excluding hydrogens is 132 g/mol. The zero-order valence-corrected chi connectivity index (χ0v) is 5.61. The van der Waals surface area contributed by atoms with Crippen LogP contribution >= 0.6 is 12.2 Å². The number of H-pyrrole nitrogens is 1. The molecule has 46 valence electrons. The Morgan fingerprint density at radius 3 is 3.00 bits per heavy atom. The van der Waals surface area contributed by atoms with Crippen LogP contribution in [0.5, 0.6) is 0 Å². The minimum Gasteiger partial charge on any atom is -0.350 e. The van der Waals surface area contributed by atoms with Gasteiger partial charge in [-0.05, 0) is 6.08 Å². The molecule has 0 aliphatic heterocycles. The van der Waals surface area contributed by atoms with E-state index >= 15 is 0 Å². The summed E-state index contributed by atoms with van der Waals surface area (Å²) in [5.74, 6) is 0. The number of aromatic nitrogens is 2. The molecule has 1 aromatic heterocycles. The number of nitrogens with zero attached hydrogens (tertiary/aromatic N) is 1. The van der Waals surface area contributed by atoms with Gasteiger partial charge in [0.05, 0.1) is 11.9 Å². The second-order valence-corrected chi connectivity index (χ2v) is 1.98. The maximum absolute atomic E-state index is 4.77. The summed E-state index contributed by atoms with van der Waals surface area (Å²) in [7, 11) is 0. The van der Waals surface area contributed by atoms with Gasteiger partial charge in [-0.15, -0.1) is 0 Å². The molecule has 0 spiro atoms. The van der Waals surface area contributed by atoms with Crippen LogP contribution in [0.3, 0.4) is 0 Å². The summed E-state index contributed by atoms with van der Waals surface area (Å²) in [5.41, 5.74) is 0.809. The van der Waals surface area contributed by atoms with Gasteiger partial charge in [0.1, 0.15) is 4.64 Å². The van der Waals surface area contributed by atoms with Gasteiger partial charge in [0.25, 0.3) is 0 Å². The van der Waals surface area contributed by atoms with Gasteiger partial charge in [0.15, 0.2) is 0 Å². The molecule has 0 fully saturated rings. The van der Waals surface area contributed by atoms with Crippen molar-refractivity contribution in [3.8, 4) is 0 Å². The minimum absolute atomic E-state index is 0.639. The van der Waals surface area contributed by atoms with Gasteiger partial charge >= 0.3 is 0 Å². The van der Waals surface area contributed by atoms with E-state index in [9.17, 15) is 0 Å². The van der Waals surface area contributed by atoms with Gasteiger partial charge in [-0.1, -0.05) is 18.8 Å². The van der Waals surface area contributed by atoms with Crippen LogP contribution in [0, 0.1) is 4.64 Å². The van der Waals surface area contributed by atoms with E-state index in [4.69, 9.17) is 12.2 Å². The largest absolute Gasteiger partial charge is 0.350 e. The number of hydrogen-bond donors (Lipinski definition) is 1. The highest BCUT2D eigenvalue weighted by Crippen LogP contribution is 1.90. The van der Waals surface area contributed by atoms with Crippen molar-refractivity contribution in [3.63, 3.8) is 0 Å². The van der Waals surface area contributed by atoms with Gasteiger partial charge in [-0.3, -0.25) is 4.98 Å². The molecule has 3 heteroatoms. The first kappa shape index (κ1) is 6.16. The van der Waals surface area contributed by atoms with E-state index in [0.29, 0.717) is 4.64 Å². The fourth-order valence-corrected chi connectivity index (χ4v) is 0.576. The predicted molar refractivity (Wildman–Crippen MR) is 39.5 cm³/mol. The Morgan fingerprint density at radius 1 is 1.78 bits per heavy atom. The smallest absolute Gasteiger partial charge is 0.121 e. The SMILES string of the molecule is C=Cc1c[nH]c(=S)cn1. The second kappa shape index (κ2) is 2.55. The van der Waals surface area contributed by atoms with E-state index in [1.54, 1.807) is 18.5 Å². The predicted octanol–water partition coefficient (Wildman–Crippen LogP) is 1.78. The van der Waals surface area contributed by atoms with E-state index in [1.165, 1.54) is 0 Å². The molecule has 0 amide bonds. The molecule has 1 aromatic rings. The molecule has 0 aliphatic carbocycles. The first-order chi connectivity index (χ1) is 4.33. The Balaban J connectivity index is 3.16. The van der Waals surface area contributed by atoms with Gasteiger partial charge < -0.3 is 4.98 Å². The molecule has 1 heterocycles. The monoisotopic (exact) mass is 138 g/mol. The zero-order valence-electron chi connectivity index (χ0n) is 4.79. The lowest BCUT2D eigenvalue weighted by atomic mass is 10.4. The molecular formula is C6H6N2S. The average Bonchev–Trinajstić information content (AvgIpc) is 1.90. The van der Waals surface area contributed by atoms with Crippen LogP contribution in [0.15, 0.2) is 19.0 Å². The summed E-state index contributed by atoms with van der Waals surface area (Å²) in [6, 6.07) is 0. The molecule has 0 bridgehead atoms. The van der Waals surface area contributed by atoms with Crippen molar-refractivity contribution < 1.29 is 0 Å². The average molecular weight is 138 g/mol.